The molecule has 2 saturated heterocycles. The predicted molar refractivity (Wildman–Crippen MR) is 76.9 cm³/mol. The summed E-state index contributed by atoms with van der Waals surface area (Å²) in [5.41, 5.74) is 0. The Morgan fingerprint density at radius 1 is 1.16 bits per heavy atom. The molecule has 0 radical (unpaired) electrons. The van der Waals surface area contributed by atoms with E-state index >= 15 is 0 Å². The standard InChI is InChI=1S/C16H28N2O/c1-11(2)18(15-4-3-5-15)16(19)10-12-8-13-6-7-14(9-12)17-13/h11-15,17H,3-10H2,1-2H3. The summed E-state index contributed by atoms with van der Waals surface area (Å²) in [6, 6.07) is 2.32. The Balaban J connectivity index is 1.57. The van der Waals surface area contributed by atoms with Crippen molar-refractivity contribution >= 4 is 5.91 Å². The highest BCUT2D eigenvalue weighted by molar-refractivity contribution is 5.77. The van der Waals surface area contributed by atoms with E-state index in [1.807, 2.05) is 0 Å². The van der Waals surface area contributed by atoms with E-state index in [9.17, 15) is 4.79 Å². The molecule has 0 aromatic heterocycles. The molecule has 3 rings (SSSR count). The molecule has 2 bridgehead atoms. The van der Waals surface area contributed by atoms with Crippen LogP contribution in [0.1, 0.15) is 65.2 Å². The molecule has 1 aliphatic carbocycles. The number of hydrogen-bond acceptors (Lipinski definition) is 2. The molecule has 19 heavy (non-hydrogen) atoms. The monoisotopic (exact) mass is 264 g/mol. The lowest BCUT2D eigenvalue weighted by atomic mass is 9.87. The van der Waals surface area contributed by atoms with Crippen LogP contribution in [0, 0.1) is 5.92 Å². The van der Waals surface area contributed by atoms with Crippen molar-refractivity contribution in [2.24, 2.45) is 5.92 Å². The van der Waals surface area contributed by atoms with E-state index in [4.69, 9.17) is 0 Å². The maximum Gasteiger partial charge on any atom is 0.223 e. The first-order chi connectivity index (χ1) is 9.13. The van der Waals surface area contributed by atoms with Gasteiger partial charge < -0.3 is 10.2 Å². The number of amides is 1. The molecule has 0 aromatic rings. The Kier molecular flexibility index (Phi) is 3.84. The van der Waals surface area contributed by atoms with Crippen LogP contribution in [-0.2, 0) is 4.79 Å². The molecule has 3 aliphatic rings. The van der Waals surface area contributed by atoms with E-state index in [2.05, 4.69) is 24.1 Å². The van der Waals surface area contributed by atoms with E-state index < -0.39 is 0 Å². The lowest BCUT2D eigenvalue weighted by Gasteiger charge is -2.41. The van der Waals surface area contributed by atoms with Crippen LogP contribution in [0.3, 0.4) is 0 Å². The molecule has 2 unspecified atom stereocenters. The summed E-state index contributed by atoms with van der Waals surface area (Å²) in [6.07, 6.45) is 9.64. The van der Waals surface area contributed by atoms with Gasteiger partial charge in [-0.05, 0) is 64.7 Å². The summed E-state index contributed by atoms with van der Waals surface area (Å²) < 4.78 is 0. The summed E-state index contributed by atoms with van der Waals surface area (Å²) in [7, 11) is 0. The number of rotatable bonds is 4. The van der Waals surface area contributed by atoms with Gasteiger partial charge in [-0.15, -0.1) is 0 Å². The van der Waals surface area contributed by atoms with Gasteiger partial charge in [0.2, 0.25) is 5.91 Å². The average molecular weight is 264 g/mol. The van der Waals surface area contributed by atoms with Crippen molar-refractivity contribution in [3.63, 3.8) is 0 Å². The van der Waals surface area contributed by atoms with Gasteiger partial charge >= 0.3 is 0 Å². The van der Waals surface area contributed by atoms with Gasteiger partial charge in [0.05, 0.1) is 0 Å². The second-order valence-corrected chi connectivity index (χ2v) is 7.16. The smallest absolute Gasteiger partial charge is 0.223 e. The van der Waals surface area contributed by atoms with Crippen LogP contribution in [0.15, 0.2) is 0 Å². The largest absolute Gasteiger partial charge is 0.337 e. The van der Waals surface area contributed by atoms with Crippen LogP contribution in [0.4, 0.5) is 0 Å². The lowest BCUT2D eigenvalue weighted by Crippen LogP contribution is -2.49. The fourth-order valence-electron chi connectivity index (χ4n) is 4.27. The second kappa shape index (κ2) is 5.43. The van der Waals surface area contributed by atoms with Crippen molar-refractivity contribution in [1.29, 1.82) is 0 Å². The first-order valence-corrected chi connectivity index (χ1v) is 8.20. The van der Waals surface area contributed by atoms with Crippen molar-refractivity contribution in [2.75, 3.05) is 0 Å². The molecule has 3 nitrogen and oxygen atoms in total. The van der Waals surface area contributed by atoms with Gasteiger partial charge in [-0.2, -0.15) is 0 Å². The fourth-order valence-corrected chi connectivity index (χ4v) is 4.27. The minimum Gasteiger partial charge on any atom is -0.337 e. The molecular formula is C16H28N2O. The Hall–Kier alpha value is -0.570. The normalized spacial score (nSPS) is 34.4. The number of hydrogen-bond donors (Lipinski definition) is 1. The topological polar surface area (TPSA) is 32.3 Å². The molecule has 108 valence electrons. The number of fused-ring (bicyclic) bond motifs is 2. The molecular weight excluding hydrogens is 236 g/mol. The molecule has 1 amide bonds. The summed E-state index contributed by atoms with van der Waals surface area (Å²) in [6.45, 7) is 4.34. The van der Waals surface area contributed by atoms with E-state index in [0.717, 1.165) is 6.42 Å². The summed E-state index contributed by atoms with van der Waals surface area (Å²) >= 11 is 0. The first-order valence-electron chi connectivity index (χ1n) is 8.20. The zero-order chi connectivity index (χ0) is 13.4. The third-order valence-electron chi connectivity index (χ3n) is 5.35. The summed E-state index contributed by atoms with van der Waals surface area (Å²) in [4.78, 5) is 14.8. The fraction of sp³-hybridized carbons (Fsp3) is 0.938. The quantitative estimate of drug-likeness (QED) is 0.846. The third kappa shape index (κ3) is 2.81. The van der Waals surface area contributed by atoms with E-state index in [-0.39, 0.29) is 0 Å². The van der Waals surface area contributed by atoms with E-state index in [1.54, 1.807) is 0 Å². The van der Waals surface area contributed by atoms with Crippen LogP contribution in [0.25, 0.3) is 0 Å². The number of carbonyl (C=O) groups excluding carboxylic acids is 1. The van der Waals surface area contributed by atoms with Gasteiger partial charge in [0, 0.05) is 30.6 Å². The number of nitrogens with zero attached hydrogens (tertiary/aromatic N) is 1. The maximum atomic E-state index is 12.6. The minimum absolute atomic E-state index is 0.372. The molecule has 1 N–H and O–H groups in total. The van der Waals surface area contributed by atoms with Crippen molar-refractivity contribution in [3.05, 3.63) is 0 Å². The zero-order valence-corrected chi connectivity index (χ0v) is 12.4. The molecule has 2 atom stereocenters. The van der Waals surface area contributed by atoms with Gasteiger partial charge in [-0.1, -0.05) is 0 Å². The molecule has 2 heterocycles. The van der Waals surface area contributed by atoms with Crippen molar-refractivity contribution in [2.45, 2.75) is 89.4 Å². The second-order valence-electron chi connectivity index (χ2n) is 7.16. The summed E-state index contributed by atoms with van der Waals surface area (Å²) in [5, 5.41) is 3.67. The van der Waals surface area contributed by atoms with Crippen LogP contribution in [0.5, 0.6) is 0 Å². The zero-order valence-electron chi connectivity index (χ0n) is 12.4. The molecule has 2 aliphatic heterocycles. The number of carbonyl (C=O) groups is 1. The van der Waals surface area contributed by atoms with Gasteiger partial charge in [0.25, 0.3) is 0 Å². The summed E-state index contributed by atoms with van der Waals surface area (Å²) in [5.74, 6) is 1.05. The molecule has 0 spiro atoms. The van der Waals surface area contributed by atoms with Crippen molar-refractivity contribution in [3.8, 4) is 0 Å². The first kappa shape index (κ1) is 13.4. The molecule has 0 aromatic carbocycles. The van der Waals surface area contributed by atoms with Gasteiger partial charge in [-0.3, -0.25) is 4.79 Å². The Labute approximate surface area is 117 Å². The predicted octanol–water partition coefficient (Wildman–Crippen LogP) is 2.70. The van der Waals surface area contributed by atoms with Crippen molar-refractivity contribution < 1.29 is 4.79 Å². The van der Waals surface area contributed by atoms with Crippen molar-refractivity contribution in [1.82, 2.24) is 10.2 Å². The van der Waals surface area contributed by atoms with Gasteiger partial charge in [0.1, 0.15) is 0 Å². The highest BCUT2D eigenvalue weighted by Gasteiger charge is 2.36. The maximum absolute atomic E-state index is 12.6. The minimum atomic E-state index is 0.372. The SMILES string of the molecule is CC(C)N(C(=O)CC1CC2CCC(C1)N2)C1CCC1. The molecule has 1 saturated carbocycles. The van der Waals surface area contributed by atoms with E-state index in [1.165, 1.54) is 44.9 Å². The van der Waals surface area contributed by atoms with Crippen LogP contribution < -0.4 is 5.32 Å². The molecule has 3 heteroatoms. The Bertz CT molecular complexity index is 326. The highest BCUT2D eigenvalue weighted by atomic mass is 16.2. The lowest BCUT2D eigenvalue weighted by molar-refractivity contribution is -0.138. The van der Waals surface area contributed by atoms with Crippen LogP contribution >= 0.6 is 0 Å². The highest BCUT2D eigenvalue weighted by Crippen LogP contribution is 2.34. The van der Waals surface area contributed by atoms with E-state index in [0.29, 0.717) is 36.0 Å². The Morgan fingerprint density at radius 3 is 2.26 bits per heavy atom. The Morgan fingerprint density at radius 2 is 1.79 bits per heavy atom. The van der Waals surface area contributed by atoms with Gasteiger partial charge in [0.15, 0.2) is 0 Å². The molecule has 3 fully saturated rings. The van der Waals surface area contributed by atoms with Crippen LogP contribution in [0.2, 0.25) is 0 Å². The number of nitrogens with one attached hydrogen (secondary N) is 1. The van der Waals surface area contributed by atoms with Crippen LogP contribution in [-0.4, -0.2) is 35.0 Å². The average Bonchev–Trinajstić information content (AvgIpc) is 2.62. The van der Waals surface area contributed by atoms with Gasteiger partial charge in [-0.25, -0.2) is 0 Å². The third-order valence-corrected chi connectivity index (χ3v) is 5.35. The number of piperidine rings is 1.